The largest absolute Gasteiger partial charge is 0.384 e. The quantitative estimate of drug-likeness (QED) is 0.691. The number of hydrogen-bond donors (Lipinski definition) is 2. The topological polar surface area (TPSA) is 107 Å². The molecule has 2 aliphatic carbocycles. The van der Waals surface area contributed by atoms with Crippen molar-refractivity contribution >= 4 is 28.5 Å². The first-order valence-electron chi connectivity index (χ1n) is 9.68. The molecule has 0 radical (unpaired) electrons. The molecule has 1 aliphatic heterocycles. The van der Waals surface area contributed by atoms with E-state index < -0.39 is 0 Å². The molecule has 30 heavy (non-hydrogen) atoms. The summed E-state index contributed by atoms with van der Waals surface area (Å²) in [6.45, 7) is 2.55. The van der Waals surface area contributed by atoms with Crippen LogP contribution in [-0.2, 0) is 0 Å². The number of fused-ring (bicyclic) bond motifs is 1. The first kappa shape index (κ1) is 17.0. The summed E-state index contributed by atoms with van der Waals surface area (Å²) >= 11 is 0. The summed E-state index contributed by atoms with van der Waals surface area (Å²) in [4.78, 5) is 22.8. The van der Waals surface area contributed by atoms with E-state index in [1.807, 2.05) is 23.6 Å². The normalized spacial score (nSPS) is 21.8. The Morgan fingerprint density at radius 1 is 1.17 bits per heavy atom. The lowest BCUT2D eigenvalue weighted by atomic mass is 9.78. The zero-order chi connectivity index (χ0) is 20.3. The number of aliphatic imine (C=N–C) groups is 1. The van der Waals surface area contributed by atoms with Crippen LogP contribution in [0.4, 0.5) is 5.82 Å². The first-order chi connectivity index (χ1) is 14.6. The lowest BCUT2D eigenvalue weighted by Gasteiger charge is -2.33. The number of aryl methyl sites for hydroxylation is 1. The molecular formula is C22H18N8. The Hall–Kier alpha value is -3.91. The van der Waals surface area contributed by atoms with E-state index in [2.05, 4.69) is 50.6 Å². The number of aromatic nitrogens is 5. The van der Waals surface area contributed by atoms with Crippen LogP contribution in [0.25, 0.3) is 28.2 Å². The summed E-state index contributed by atoms with van der Waals surface area (Å²) < 4.78 is 2.03. The molecule has 3 N–H and O–H groups in total. The summed E-state index contributed by atoms with van der Waals surface area (Å²) in [6, 6.07) is 3.66. The van der Waals surface area contributed by atoms with Gasteiger partial charge in [0.05, 0.1) is 30.0 Å². The third-order valence-corrected chi connectivity index (χ3v) is 5.66. The van der Waals surface area contributed by atoms with Gasteiger partial charge in [-0.25, -0.2) is 19.9 Å². The predicted octanol–water partition coefficient (Wildman–Crippen LogP) is 2.43. The van der Waals surface area contributed by atoms with E-state index in [1.54, 1.807) is 18.5 Å². The smallest absolute Gasteiger partial charge is 0.198 e. The van der Waals surface area contributed by atoms with Crippen molar-refractivity contribution in [2.24, 2.45) is 4.99 Å². The first-order valence-corrected chi connectivity index (χ1v) is 9.68. The minimum Gasteiger partial charge on any atom is -0.384 e. The standard InChI is InChI=1S/C22H18N8/c1-13-28-20-21(29-17(11-25-20)14-5-7-24-19(23)8-14)30(13)16-9-15-4-2-3-6-22(15)18(10-16)26-12-27-22/h2-11,27H,12H2,1H3,(H2,23,24). The van der Waals surface area contributed by atoms with Gasteiger partial charge in [0.2, 0.25) is 0 Å². The number of pyridine rings is 1. The van der Waals surface area contributed by atoms with Crippen molar-refractivity contribution in [1.29, 1.82) is 0 Å². The maximum absolute atomic E-state index is 5.85. The molecule has 3 aromatic heterocycles. The highest BCUT2D eigenvalue weighted by atomic mass is 15.2. The van der Waals surface area contributed by atoms with Crippen LogP contribution in [0.3, 0.4) is 0 Å². The molecule has 0 aromatic carbocycles. The highest BCUT2D eigenvalue weighted by Crippen LogP contribution is 2.36. The van der Waals surface area contributed by atoms with E-state index in [-0.39, 0.29) is 5.54 Å². The summed E-state index contributed by atoms with van der Waals surface area (Å²) in [6.07, 6.45) is 16.0. The molecule has 0 fully saturated rings. The monoisotopic (exact) mass is 394 g/mol. The fourth-order valence-electron chi connectivity index (χ4n) is 4.25. The molecule has 8 nitrogen and oxygen atoms in total. The zero-order valence-electron chi connectivity index (χ0n) is 16.2. The van der Waals surface area contributed by atoms with Crippen LogP contribution in [-0.4, -0.2) is 42.4 Å². The lowest BCUT2D eigenvalue weighted by Crippen LogP contribution is -2.48. The van der Waals surface area contributed by atoms with E-state index in [4.69, 9.17) is 15.7 Å². The van der Waals surface area contributed by atoms with Crippen molar-refractivity contribution in [3.8, 4) is 11.3 Å². The maximum atomic E-state index is 5.85. The van der Waals surface area contributed by atoms with Gasteiger partial charge in [0.15, 0.2) is 11.3 Å². The van der Waals surface area contributed by atoms with Gasteiger partial charge >= 0.3 is 0 Å². The van der Waals surface area contributed by atoms with Crippen molar-refractivity contribution in [3.05, 3.63) is 72.4 Å². The number of nitrogens with zero attached hydrogens (tertiary/aromatic N) is 6. The van der Waals surface area contributed by atoms with Crippen LogP contribution in [0, 0.1) is 6.92 Å². The number of allylic oxidation sites excluding steroid dienone is 4. The Morgan fingerprint density at radius 2 is 2.10 bits per heavy atom. The number of nitrogens with two attached hydrogens (primary N) is 1. The molecule has 1 spiro atoms. The van der Waals surface area contributed by atoms with Crippen molar-refractivity contribution in [1.82, 2.24) is 29.8 Å². The molecule has 4 heterocycles. The van der Waals surface area contributed by atoms with Gasteiger partial charge in [0, 0.05) is 11.8 Å². The van der Waals surface area contributed by atoms with Crippen LogP contribution in [0.1, 0.15) is 5.82 Å². The molecule has 146 valence electrons. The average molecular weight is 394 g/mol. The van der Waals surface area contributed by atoms with Crippen molar-refractivity contribution < 1.29 is 0 Å². The zero-order valence-corrected chi connectivity index (χ0v) is 16.2. The van der Waals surface area contributed by atoms with Crippen LogP contribution >= 0.6 is 0 Å². The molecule has 8 heteroatoms. The van der Waals surface area contributed by atoms with Crippen molar-refractivity contribution in [2.45, 2.75) is 12.5 Å². The van der Waals surface area contributed by atoms with E-state index in [0.717, 1.165) is 34.1 Å². The SMILES string of the molecule is Cc1nc2ncc(-c3ccnc(N)c3)nc2n1C1=CC2=NCNC23C=CC=CC3=C1. The van der Waals surface area contributed by atoms with Gasteiger partial charge in [-0.15, -0.1) is 0 Å². The van der Waals surface area contributed by atoms with Crippen molar-refractivity contribution in [2.75, 3.05) is 12.4 Å². The van der Waals surface area contributed by atoms with E-state index >= 15 is 0 Å². The fourth-order valence-corrected chi connectivity index (χ4v) is 4.25. The van der Waals surface area contributed by atoms with E-state index in [9.17, 15) is 0 Å². The summed E-state index contributed by atoms with van der Waals surface area (Å²) in [7, 11) is 0. The Bertz CT molecular complexity index is 1370. The van der Waals surface area contributed by atoms with Gasteiger partial charge in [-0.05, 0) is 36.8 Å². The molecule has 0 amide bonds. The number of imidazole rings is 1. The molecule has 1 unspecified atom stereocenters. The van der Waals surface area contributed by atoms with Gasteiger partial charge < -0.3 is 5.73 Å². The summed E-state index contributed by atoms with van der Waals surface area (Å²) in [5, 5.41) is 3.50. The van der Waals surface area contributed by atoms with Crippen LogP contribution in [0.2, 0.25) is 0 Å². The molecule has 0 bridgehead atoms. The number of hydrogen-bond acceptors (Lipinski definition) is 7. The van der Waals surface area contributed by atoms with E-state index in [1.165, 1.54) is 0 Å². The van der Waals surface area contributed by atoms with Gasteiger partial charge in [0.25, 0.3) is 0 Å². The Balaban J connectivity index is 1.54. The second-order valence-electron chi connectivity index (χ2n) is 7.44. The van der Waals surface area contributed by atoms with Gasteiger partial charge in [-0.3, -0.25) is 14.9 Å². The molecular weight excluding hydrogens is 376 g/mol. The summed E-state index contributed by atoms with van der Waals surface area (Å²) in [5.74, 6) is 1.26. The molecule has 6 rings (SSSR count). The second kappa shape index (κ2) is 6.04. The number of rotatable bonds is 2. The third kappa shape index (κ3) is 2.34. The second-order valence-corrected chi connectivity index (χ2v) is 7.44. The number of anilines is 1. The van der Waals surface area contributed by atoms with Crippen LogP contribution < -0.4 is 11.1 Å². The molecule has 1 atom stereocenters. The Morgan fingerprint density at radius 3 is 3.00 bits per heavy atom. The highest BCUT2D eigenvalue weighted by Gasteiger charge is 2.41. The van der Waals surface area contributed by atoms with Crippen LogP contribution in [0.5, 0.6) is 0 Å². The minimum absolute atomic E-state index is 0.339. The number of nitrogen functional groups attached to an aromatic ring is 1. The molecule has 3 aromatic rings. The fraction of sp³-hybridized carbons (Fsp3) is 0.136. The summed E-state index contributed by atoms with van der Waals surface area (Å²) in [5.41, 5.74) is 11.5. The Labute approximate surface area is 172 Å². The third-order valence-electron chi connectivity index (χ3n) is 5.66. The molecule has 3 aliphatic rings. The minimum atomic E-state index is -0.339. The predicted molar refractivity (Wildman–Crippen MR) is 117 cm³/mol. The van der Waals surface area contributed by atoms with Crippen molar-refractivity contribution in [3.63, 3.8) is 0 Å². The van der Waals surface area contributed by atoms with Gasteiger partial charge in [-0.2, -0.15) is 0 Å². The van der Waals surface area contributed by atoms with Gasteiger partial charge in [-0.1, -0.05) is 24.3 Å². The highest BCUT2D eigenvalue weighted by molar-refractivity contribution is 6.14. The maximum Gasteiger partial charge on any atom is 0.198 e. The van der Waals surface area contributed by atoms with Gasteiger partial charge in [0.1, 0.15) is 17.2 Å². The lowest BCUT2D eigenvalue weighted by molar-refractivity contribution is 0.641. The number of nitrogens with one attached hydrogen (secondary N) is 1. The average Bonchev–Trinajstić information content (AvgIpc) is 3.31. The molecule has 0 saturated carbocycles. The Kier molecular flexibility index (Phi) is 3.42. The van der Waals surface area contributed by atoms with Crippen LogP contribution in [0.15, 0.2) is 71.5 Å². The van der Waals surface area contributed by atoms with E-state index in [0.29, 0.717) is 23.8 Å². The molecule has 0 saturated heterocycles.